The molecule has 2 aromatic heterocycles. The van der Waals surface area contributed by atoms with Gasteiger partial charge in [-0.1, -0.05) is 6.42 Å². The Morgan fingerprint density at radius 2 is 1.93 bits per heavy atom. The summed E-state index contributed by atoms with van der Waals surface area (Å²) in [6, 6.07) is 10.9. The summed E-state index contributed by atoms with van der Waals surface area (Å²) < 4.78 is 6.96. The first-order valence-corrected chi connectivity index (χ1v) is 10.6. The van der Waals surface area contributed by atoms with Gasteiger partial charge in [0.25, 0.3) is 0 Å². The van der Waals surface area contributed by atoms with E-state index in [0.717, 1.165) is 18.7 Å². The first-order chi connectivity index (χ1) is 14.6. The number of benzene rings is 1. The van der Waals surface area contributed by atoms with Gasteiger partial charge in [0.2, 0.25) is 0 Å². The maximum Gasteiger partial charge on any atom is 0.350 e. The quantitative estimate of drug-likeness (QED) is 0.642. The summed E-state index contributed by atoms with van der Waals surface area (Å²) in [5, 5.41) is 23.1. The topological polar surface area (TPSA) is 91.2 Å². The average molecular weight is 407 g/mol. The van der Waals surface area contributed by atoms with Crippen LogP contribution >= 0.6 is 0 Å². The van der Waals surface area contributed by atoms with Crippen LogP contribution in [0.15, 0.2) is 41.2 Å². The monoisotopic (exact) mass is 407 g/mol. The zero-order chi connectivity index (χ0) is 20.7. The van der Waals surface area contributed by atoms with E-state index in [1.54, 1.807) is 19.3 Å². The maximum absolute atomic E-state index is 10.5. The lowest BCUT2D eigenvalue weighted by Gasteiger charge is -2.43. The molecule has 4 heterocycles. The van der Waals surface area contributed by atoms with E-state index in [0.29, 0.717) is 41.0 Å². The van der Waals surface area contributed by atoms with Crippen LogP contribution in [0.25, 0.3) is 16.9 Å². The van der Waals surface area contributed by atoms with Crippen molar-refractivity contribution in [1.82, 2.24) is 20.5 Å². The largest absolute Gasteiger partial charge is 0.507 e. The second-order valence-electron chi connectivity index (χ2n) is 8.39. The number of hydrogen-bond acceptors (Lipinski definition) is 7. The van der Waals surface area contributed by atoms with E-state index in [-0.39, 0.29) is 5.75 Å². The zero-order valence-electron chi connectivity index (χ0n) is 17.3. The lowest BCUT2D eigenvalue weighted by atomic mass is 9.83. The zero-order valence-corrected chi connectivity index (χ0v) is 17.3. The van der Waals surface area contributed by atoms with E-state index in [1.807, 2.05) is 24.3 Å². The molecule has 156 valence electrons. The molecule has 2 aliphatic heterocycles. The summed E-state index contributed by atoms with van der Waals surface area (Å²) in [5.74, 6) is 1.55. The molecule has 0 amide bonds. The Kier molecular flexibility index (Phi) is 4.86. The fourth-order valence-electron chi connectivity index (χ4n) is 4.71. The molecule has 5 rings (SSSR count). The number of phenols is 1. The van der Waals surface area contributed by atoms with Crippen LogP contribution in [-0.4, -0.2) is 45.5 Å². The Bertz CT molecular complexity index is 1020. The minimum atomic E-state index is 0.121. The lowest BCUT2D eigenvalue weighted by Crippen LogP contribution is -2.54. The van der Waals surface area contributed by atoms with Gasteiger partial charge in [0.05, 0.1) is 5.69 Å². The van der Waals surface area contributed by atoms with Gasteiger partial charge in [-0.05, 0) is 59.7 Å². The van der Waals surface area contributed by atoms with Crippen molar-refractivity contribution in [2.45, 2.75) is 57.2 Å². The highest BCUT2D eigenvalue weighted by molar-refractivity contribution is 5.68. The van der Waals surface area contributed by atoms with Crippen molar-refractivity contribution >= 4 is 5.82 Å². The van der Waals surface area contributed by atoms with Crippen LogP contribution in [0.5, 0.6) is 5.75 Å². The molecule has 0 spiro atoms. The second kappa shape index (κ2) is 7.68. The number of aromatic hydroxyl groups is 1. The summed E-state index contributed by atoms with van der Waals surface area (Å²) in [4.78, 5) is 6.33. The number of anilines is 1. The summed E-state index contributed by atoms with van der Waals surface area (Å²) in [5.41, 5.74) is 1.96. The van der Waals surface area contributed by atoms with E-state index in [9.17, 15) is 5.11 Å². The highest BCUT2D eigenvalue weighted by Crippen LogP contribution is 2.31. The van der Waals surface area contributed by atoms with Gasteiger partial charge in [0, 0.05) is 43.7 Å². The number of rotatable bonds is 4. The molecule has 8 nitrogen and oxygen atoms in total. The van der Waals surface area contributed by atoms with Crippen molar-refractivity contribution in [1.29, 1.82) is 0 Å². The normalized spacial score (nSPS) is 23.3. The number of hydrogen-bond donors (Lipinski definition) is 2. The van der Waals surface area contributed by atoms with Crippen LogP contribution in [0.3, 0.4) is 0 Å². The number of fused-ring (bicyclic) bond motifs is 2. The van der Waals surface area contributed by atoms with Crippen LogP contribution in [0.1, 0.15) is 38.0 Å². The predicted molar refractivity (Wildman–Crippen MR) is 111 cm³/mol. The molecule has 2 aliphatic rings. The van der Waals surface area contributed by atoms with Gasteiger partial charge in [-0.2, -0.15) is 0 Å². The van der Waals surface area contributed by atoms with Crippen molar-refractivity contribution in [3.8, 4) is 22.7 Å². The number of aromatic nitrogens is 4. The standard InChI is InChI=1S/C22H26N6O2/c1-14-23-13-28(30-14)17-6-7-19(21(29)12-17)20-8-9-22(26-25-20)27(2)18-10-15-4-3-5-16(11-18)24-15/h6-9,12-13,15-16,18,24H,3-5,10-11H2,1-2H3/p+1. The van der Waals surface area contributed by atoms with Crippen LogP contribution < -0.4 is 15.0 Å². The Hall–Kier alpha value is -3.00. The number of phenolic OH excluding ortho intramolecular Hbond substituents is 1. The van der Waals surface area contributed by atoms with Gasteiger partial charge >= 0.3 is 12.2 Å². The third kappa shape index (κ3) is 3.63. The van der Waals surface area contributed by atoms with E-state index in [2.05, 4.69) is 32.4 Å². The Balaban J connectivity index is 1.33. The summed E-state index contributed by atoms with van der Waals surface area (Å²) in [6.45, 7) is 1.77. The molecule has 1 aromatic carbocycles. The highest BCUT2D eigenvalue weighted by Gasteiger charge is 2.33. The third-order valence-corrected chi connectivity index (χ3v) is 6.34. The van der Waals surface area contributed by atoms with E-state index in [1.165, 1.54) is 24.0 Å². The van der Waals surface area contributed by atoms with Crippen molar-refractivity contribution in [2.75, 3.05) is 11.9 Å². The van der Waals surface area contributed by atoms with E-state index in [4.69, 9.17) is 4.52 Å². The molecular formula is C22H27N6O2+. The molecule has 2 N–H and O–H groups in total. The summed E-state index contributed by atoms with van der Waals surface area (Å²) in [7, 11) is 2.11. The van der Waals surface area contributed by atoms with Gasteiger partial charge in [-0.25, -0.2) is 0 Å². The minimum Gasteiger partial charge on any atom is -0.507 e. The molecule has 0 aliphatic carbocycles. The minimum absolute atomic E-state index is 0.121. The van der Waals surface area contributed by atoms with Gasteiger partial charge < -0.3 is 15.3 Å². The molecule has 2 bridgehead atoms. The fourth-order valence-corrected chi connectivity index (χ4v) is 4.71. The van der Waals surface area contributed by atoms with Gasteiger partial charge in [0.15, 0.2) is 11.5 Å². The van der Waals surface area contributed by atoms with Crippen LogP contribution in [-0.2, 0) is 0 Å². The predicted octanol–water partition coefficient (Wildman–Crippen LogP) is 2.53. The number of piperidine rings is 2. The lowest BCUT2D eigenvalue weighted by molar-refractivity contribution is -0.785. The van der Waals surface area contributed by atoms with Crippen molar-refractivity contribution < 1.29 is 14.4 Å². The number of nitrogens with one attached hydrogen (secondary N) is 1. The fraction of sp³-hybridized carbons (Fsp3) is 0.455. The molecule has 2 atom stereocenters. The summed E-state index contributed by atoms with van der Waals surface area (Å²) >= 11 is 0. The Morgan fingerprint density at radius 1 is 1.13 bits per heavy atom. The van der Waals surface area contributed by atoms with Crippen LogP contribution in [0, 0.1) is 6.92 Å². The van der Waals surface area contributed by atoms with Crippen molar-refractivity contribution in [3.63, 3.8) is 0 Å². The number of aryl methyl sites for hydroxylation is 1. The maximum atomic E-state index is 10.5. The van der Waals surface area contributed by atoms with E-state index < -0.39 is 0 Å². The van der Waals surface area contributed by atoms with Crippen molar-refractivity contribution in [2.24, 2.45) is 0 Å². The molecule has 2 unspecified atom stereocenters. The smallest absolute Gasteiger partial charge is 0.350 e. The molecule has 0 saturated carbocycles. The second-order valence-corrected chi connectivity index (χ2v) is 8.39. The van der Waals surface area contributed by atoms with Crippen LogP contribution in [0.2, 0.25) is 0 Å². The average Bonchev–Trinajstić information content (AvgIpc) is 3.19. The SMILES string of the molecule is Cc1nc[n+](-c2ccc(-c3ccc(N(C)C4CC5CCCC(C4)N5)nn3)c(O)c2)o1. The molecular weight excluding hydrogens is 380 g/mol. The molecule has 30 heavy (non-hydrogen) atoms. The third-order valence-electron chi connectivity index (χ3n) is 6.34. The molecule has 2 saturated heterocycles. The molecule has 2 fully saturated rings. The highest BCUT2D eigenvalue weighted by atomic mass is 16.5. The Morgan fingerprint density at radius 3 is 2.57 bits per heavy atom. The van der Waals surface area contributed by atoms with Gasteiger partial charge in [0.1, 0.15) is 5.75 Å². The first kappa shape index (κ1) is 19.0. The van der Waals surface area contributed by atoms with Crippen LogP contribution in [0.4, 0.5) is 5.82 Å². The Labute approximate surface area is 175 Å². The number of nitrogens with zero attached hydrogens (tertiary/aromatic N) is 5. The van der Waals surface area contributed by atoms with Crippen molar-refractivity contribution in [3.05, 3.63) is 42.5 Å². The van der Waals surface area contributed by atoms with Gasteiger partial charge in [-0.15, -0.1) is 10.2 Å². The van der Waals surface area contributed by atoms with Gasteiger partial charge in [-0.3, -0.25) is 4.52 Å². The molecule has 3 aromatic rings. The summed E-state index contributed by atoms with van der Waals surface area (Å²) in [6.07, 6.45) is 7.75. The molecule has 0 radical (unpaired) electrons. The van der Waals surface area contributed by atoms with E-state index >= 15 is 0 Å². The first-order valence-electron chi connectivity index (χ1n) is 10.6. The molecule has 8 heteroatoms.